The van der Waals surface area contributed by atoms with Gasteiger partial charge in [0, 0.05) is 6.07 Å². The van der Waals surface area contributed by atoms with E-state index < -0.39 is 12.1 Å². The molecule has 0 saturated carbocycles. The fraction of sp³-hybridized carbons (Fsp3) is 0.238. The maximum atomic E-state index is 12.5. The second kappa shape index (κ2) is 7.95. The van der Waals surface area contributed by atoms with Crippen molar-refractivity contribution < 1.29 is 28.5 Å². The van der Waals surface area contributed by atoms with Crippen molar-refractivity contribution in [1.29, 1.82) is 0 Å². The van der Waals surface area contributed by atoms with Crippen LogP contribution in [0.4, 0.5) is 0 Å². The topological polar surface area (TPSA) is 71.1 Å². The van der Waals surface area contributed by atoms with Gasteiger partial charge < -0.3 is 18.9 Å². The fourth-order valence-electron chi connectivity index (χ4n) is 2.60. The number of hydrogen-bond donors (Lipinski definition) is 0. The van der Waals surface area contributed by atoms with Gasteiger partial charge in [-0.3, -0.25) is 4.79 Å². The van der Waals surface area contributed by atoms with Crippen molar-refractivity contribution in [3.63, 3.8) is 0 Å². The first-order valence-corrected chi connectivity index (χ1v) is 8.57. The highest BCUT2D eigenvalue weighted by molar-refractivity contribution is 6.14. The number of hydrogen-bond acceptors (Lipinski definition) is 6. The van der Waals surface area contributed by atoms with Gasteiger partial charge >= 0.3 is 5.97 Å². The van der Waals surface area contributed by atoms with E-state index in [-0.39, 0.29) is 18.1 Å². The van der Waals surface area contributed by atoms with Gasteiger partial charge in [-0.05, 0) is 49.8 Å². The zero-order valence-electron chi connectivity index (χ0n) is 15.4. The molecule has 1 heterocycles. The molecule has 3 rings (SSSR count). The number of methoxy groups -OCH3 is 1. The Morgan fingerprint density at radius 3 is 2.52 bits per heavy atom. The first-order valence-electron chi connectivity index (χ1n) is 8.57. The van der Waals surface area contributed by atoms with Crippen LogP contribution >= 0.6 is 0 Å². The van der Waals surface area contributed by atoms with Crippen molar-refractivity contribution in [3.05, 3.63) is 59.4 Å². The molecule has 1 aliphatic rings. The molecule has 2 aromatic carbocycles. The molecule has 6 nitrogen and oxygen atoms in total. The van der Waals surface area contributed by atoms with Gasteiger partial charge in [-0.1, -0.05) is 12.1 Å². The summed E-state index contributed by atoms with van der Waals surface area (Å²) in [5.74, 6) is 1.13. The lowest BCUT2D eigenvalue weighted by Crippen LogP contribution is -2.26. The molecule has 0 bridgehead atoms. The fourth-order valence-corrected chi connectivity index (χ4v) is 2.60. The summed E-state index contributed by atoms with van der Waals surface area (Å²) in [4.78, 5) is 24.2. The Balaban J connectivity index is 1.76. The molecule has 6 heteroatoms. The predicted molar refractivity (Wildman–Crippen MR) is 99.1 cm³/mol. The van der Waals surface area contributed by atoms with E-state index in [1.54, 1.807) is 45.2 Å². The van der Waals surface area contributed by atoms with E-state index >= 15 is 0 Å². The summed E-state index contributed by atoms with van der Waals surface area (Å²) in [6.45, 7) is 3.62. The van der Waals surface area contributed by atoms with Crippen LogP contribution in [0.2, 0.25) is 0 Å². The van der Waals surface area contributed by atoms with E-state index in [9.17, 15) is 9.59 Å². The third kappa shape index (κ3) is 4.11. The Hall–Kier alpha value is -3.28. The number of ether oxygens (including phenoxy) is 4. The number of carbonyl (C=O) groups excluding carboxylic acids is 2. The average molecular weight is 368 g/mol. The Bertz CT molecular complexity index is 882. The van der Waals surface area contributed by atoms with Crippen molar-refractivity contribution in [3.8, 4) is 17.2 Å². The Labute approximate surface area is 157 Å². The molecule has 0 N–H and O–H groups in total. The van der Waals surface area contributed by atoms with Crippen molar-refractivity contribution in [2.45, 2.75) is 20.0 Å². The minimum Gasteiger partial charge on any atom is -0.497 e. The number of fused-ring (bicyclic) bond motifs is 1. The van der Waals surface area contributed by atoms with Crippen molar-refractivity contribution in [1.82, 2.24) is 0 Å². The third-order valence-corrected chi connectivity index (χ3v) is 3.99. The van der Waals surface area contributed by atoms with Crippen LogP contribution in [0.15, 0.2) is 48.2 Å². The second-order valence-corrected chi connectivity index (χ2v) is 5.88. The first-order chi connectivity index (χ1) is 13.0. The van der Waals surface area contributed by atoms with Crippen LogP contribution in [0.1, 0.15) is 29.8 Å². The van der Waals surface area contributed by atoms with Gasteiger partial charge in [0.05, 0.1) is 19.3 Å². The van der Waals surface area contributed by atoms with E-state index in [1.807, 2.05) is 24.3 Å². The molecule has 27 heavy (non-hydrogen) atoms. The second-order valence-electron chi connectivity index (χ2n) is 5.88. The molecule has 0 unspecified atom stereocenters. The number of ketones is 1. The monoisotopic (exact) mass is 368 g/mol. The summed E-state index contributed by atoms with van der Waals surface area (Å²) in [6.07, 6.45) is 0.915. The zero-order valence-corrected chi connectivity index (χ0v) is 15.4. The third-order valence-electron chi connectivity index (χ3n) is 3.99. The van der Waals surface area contributed by atoms with Crippen molar-refractivity contribution in [2.24, 2.45) is 0 Å². The van der Waals surface area contributed by atoms with Crippen LogP contribution in [0.5, 0.6) is 17.2 Å². The standard InChI is InChI=1S/C21H20O6/c1-4-25-21(23)13(2)26-16-9-10-17-18(12-16)27-19(20(17)22)11-14-5-7-15(24-3)8-6-14/h5-13H,4H2,1-3H3/b19-11-/t13-/m1/s1. The van der Waals surface area contributed by atoms with Gasteiger partial charge in [-0.2, -0.15) is 0 Å². The summed E-state index contributed by atoms with van der Waals surface area (Å²) in [7, 11) is 1.59. The molecule has 2 aromatic rings. The van der Waals surface area contributed by atoms with Crippen molar-refractivity contribution >= 4 is 17.8 Å². The van der Waals surface area contributed by atoms with Gasteiger partial charge in [0.2, 0.25) is 5.78 Å². The van der Waals surface area contributed by atoms with Crippen LogP contribution in [-0.4, -0.2) is 31.6 Å². The van der Waals surface area contributed by atoms with Gasteiger partial charge in [-0.25, -0.2) is 4.79 Å². The Kier molecular flexibility index (Phi) is 5.45. The number of esters is 1. The van der Waals surface area contributed by atoms with E-state index in [0.29, 0.717) is 17.1 Å². The van der Waals surface area contributed by atoms with Crippen LogP contribution < -0.4 is 14.2 Å². The molecule has 0 amide bonds. The van der Waals surface area contributed by atoms with E-state index in [2.05, 4.69) is 0 Å². The largest absolute Gasteiger partial charge is 0.497 e. The molecule has 1 atom stereocenters. The van der Waals surface area contributed by atoms with Gasteiger partial charge in [0.1, 0.15) is 17.2 Å². The molecule has 0 spiro atoms. The number of benzene rings is 2. The highest BCUT2D eigenvalue weighted by atomic mass is 16.6. The molecule has 0 aliphatic carbocycles. The van der Waals surface area contributed by atoms with Crippen LogP contribution in [0, 0.1) is 0 Å². The molecular weight excluding hydrogens is 348 g/mol. The molecule has 0 aromatic heterocycles. The number of Topliss-reactive ketones (excluding diaryl/α,β-unsaturated/α-hetero) is 1. The highest BCUT2D eigenvalue weighted by Gasteiger charge is 2.28. The lowest BCUT2D eigenvalue weighted by Gasteiger charge is -2.13. The summed E-state index contributed by atoms with van der Waals surface area (Å²) < 4.78 is 21.3. The summed E-state index contributed by atoms with van der Waals surface area (Å²) in [6, 6.07) is 12.1. The summed E-state index contributed by atoms with van der Waals surface area (Å²) in [5, 5.41) is 0. The maximum Gasteiger partial charge on any atom is 0.347 e. The van der Waals surface area contributed by atoms with Gasteiger partial charge in [0.25, 0.3) is 0 Å². The minimum atomic E-state index is -0.755. The van der Waals surface area contributed by atoms with E-state index in [4.69, 9.17) is 18.9 Å². The SMILES string of the molecule is CCOC(=O)[C@@H](C)Oc1ccc2c(c1)O/C(=C\c1ccc(OC)cc1)C2=O. The predicted octanol–water partition coefficient (Wildman–Crippen LogP) is 3.64. The number of rotatable bonds is 6. The number of allylic oxidation sites excluding steroid dienone is 1. The van der Waals surface area contributed by atoms with Crippen LogP contribution in [-0.2, 0) is 9.53 Å². The first kappa shape index (κ1) is 18.5. The average Bonchev–Trinajstić information content (AvgIpc) is 2.97. The Morgan fingerprint density at radius 1 is 1.15 bits per heavy atom. The summed E-state index contributed by atoms with van der Waals surface area (Å²) >= 11 is 0. The molecule has 0 saturated heterocycles. The van der Waals surface area contributed by atoms with Gasteiger partial charge in [0.15, 0.2) is 11.9 Å². The summed E-state index contributed by atoms with van der Waals surface area (Å²) in [5.41, 5.74) is 1.27. The molecule has 0 radical (unpaired) electrons. The maximum absolute atomic E-state index is 12.5. The Morgan fingerprint density at radius 2 is 1.85 bits per heavy atom. The quantitative estimate of drug-likeness (QED) is 0.573. The molecular formula is C21H20O6. The molecule has 0 fully saturated rings. The van der Waals surface area contributed by atoms with E-state index in [1.165, 1.54) is 0 Å². The van der Waals surface area contributed by atoms with Crippen molar-refractivity contribution in [2.75, 3.05) is 13.7 Å². The normalized spacial score (nSPS) is 15.1. The van der Waals surface area contributed by atoms with E-state index in [0.717, 1.165) is 11.3 Å². The van der Waals surface area contributed by atoms with Crippen LogP contribution in [0.3, 0.4) is 0 Å². The smallest absolute Gasteiger partial charge is 0.347 e. The lowest BCUT2D eigenvalue weighted by molar-refractivity contribution is -0.150. The van der Waals surface area contributed by atoms with Crippen LogP contribution in [0.25, 0.3) is 6.08 Å². The minimum absolute atomic E-state index is 0.203. The van der Waals surface area contributed by atoms with Gasteiger partial charge in [-0.15, -0.1) is 0 Å². The zero-order chi connectivity index (χ0) is 19.4. The highest BCUT2D eigenvalue weighted by Crippen LogP contribution is 2.35. The molecule has 1 aliphatic heterocycles. The molecule has 140 valence electrons. The number of carbonyl (C=O) groups is 2. The lowest BCUT2D eigenvalue weighted by atomic mass is 10.1.